The largest absolute Gasteiger partial charge is 0.293 e. The molecule has 0 aliphatic heterocycles. The Hall–Kier alpha value is -0.940. The number of amides is 1. The summed E-state index contributed by atoms with van der Waals surface area (Å²) >= 11 is 3.16. The first-order valence-corrected chi connectivity index (χ1v) is 3.59. The van der Waals surface area contributed by atoms with Crippen molar-refractivity contribution in [3.8, 4) is 0 Å². The van der Waals surface area contributed by atoms with Gasteiger partial charge < -0.3 is 0 Å². The Morgan fingerprint density at radius 1 is 1.64 bits per heavy atom. The predicted molar refractivity (Wildman–Crippen MR) is 41.2 cm³/mol. The van der Waals surface area contributed by atoms with Crippen LogP contribution < -0.4 is 5.48 Å². The van der Waals surface area contributed by atoms with Crippen molar-refractivity contribution in [3.63, 3.8) is 0 Å². The Labute approximate surface area is 71.3 Å². The molecule has 0 unspecified atom stereocenters. The SMILES string of the molecule is O=C(NO)c1ccc(Br)cn1. The Kier molecular flexibility index (Phi) is 2.56. The number of halogens is 1. The summed E-state index contributed by atoms with van der Waals surface area (Å²) in [5.41, 5.74) is 1.66. The van der Waals surface area contributed by atoms with E-state index in [0.29, 0.717) is 0 Å². The van der Waals surface area contributed by atoms with Crippen molar-refractivity contribution < 1.29 is 10.0 Å². The zero-order valence-electron chi connectivity index (χ0n) is 5.41. The van der Waals surface area contributed by atoms with Gasteiger partial charge in [-0.1, -0.05) is 0 Å². The van der Waals surface area contributed by atoms with Gasteiger partial charge in [-0.3, -0.25) is 10.0 Å². The average Bonchev–Trinajstić information content (AvgIpc) is 2.05. The lowest BCUT2D eigenvalue weighted by atomic mass is 10.3. The first-order chi connectivity index (χ1) is 5.24. The molecule has 1 aromatic heterocycles. The minimum absolute atomic E-state index is 0.177. The minimum atomic E-state index is -0.613. The molecule has 0 aromatic carbocycles. The number of carbonyl (C=O) groups is 1. The number of nitrogens with one attached hydrogen (secondary N) is 1. The van der Waals surface area contributed by atoms with Gasteiger partial charge in [-0.25, -0.2) is 10.5 Å². The van der Waals surface area contributed by atoms with E-state index in [1.807, 2.05) is 0 Å². The highest BCUT2D eigenvalue weighted by Gasteiger charge is 2.03. The molecular weight excluding hydrogens is 212 g/mol. The van der Waals surface area contributed by atoms with E-state index in [-0.39, 0.29) is 5.69 Å². The molecule has 0 radical (unpaired) electrons. The molecule has 1 rings (SSSR count). The minimum Gasteiger partial charge on any atom is -0.288 e. The highest BCUT2D eigenvalue weighted by atomic mass is 79.9. The molecule has 0 saturated carbocycles. The smallest absolute Gasteiger partial charge is 0.288 e. The molecule has 2 N–H and O–H groups in total. The van der Waals surface area contributed by atoms with Crippen LogP contribution in [-0.2, 0) is 0 Å². The lowest BCUT2D eigenvalue weighted by Crippen LogP contribution is -2.19. The molecule has 0 saturated heterocycles. The third-order valence-corrected chi connectivity index (χ3v) is 1.53. The van der Waals surface area contributed by atoms with Gasteiger partial charge in [0, 0.05) is 10.7 Å². The zero-order valence-corrected chi connectivity index (χ0v) is 7.00. The van der Waals surface area contributed by atoms with Crippen LogP contribution in [0.1, 0.15) is 10.5 Å². The third kappa shape index (κ3) is 1.99. The van der Waals surface area contributed by atoms with E-state index < -0.39 is 5.91 Å². The zero-order chi connectivity index (χ0) is 8.27. The molecule has 58 valence electrons. The summed E-state index contributed by atoms with van der Waals surface area (Å²) in [7, 11) is 0. The number of aromatic nitrogens is 1. The Bertz CT molecular complexity index is 260. The normalized spacial score (nSPS) is 9.27. The van der Waals surface area contributed by atoms with Crippen molar-refractivity contribution in [1.29, 1.82) is 0 Å². The van der Waals surface area contributed by atoms with Crippen LogP contribution in [-0.4, -0.2) is 16.1 Å². The van der Waals surface area contributed by atoms with Gasteiger partial charge in [0.25, 0.3) is 5.91 Å². The molecule has 5 heteroatoms. The van der Waals surface area contributed by atoms with Crippen molar-refractivity contribution in [2.75, 3.05) is 0 Å². The lowest BCUT2D eigenvalue weighted by molar-refractivity contribution is 0.0700. The van der Waals surface area contributed by atoms with E-state index in [1.54, 1.807) is 6.07 Å². The van der Waals surface area contributed by atoms with E-state index in [2.05, 4.69) is 20.9 Å². The van der Waals surface area contributed by atoms with E-state index in [9.17, 15) is 4.79 Å². The molecule has 0 atom stereocenters. The van der Waals surface area contributed by atoms with Crippen LogP contribution in [0.15, 0.2) is 22.8 Å². The average molecular weight is 217 g/mol. The fraction of sp³-hybridized carbons (Fsp3) is 0. The number of rotatable bonds is 1. The van der Waals surface area contributed by atoms with Gasteiger partial charge in [-0.15, -0.1) is 0 Å². The second-order valence-electron chi connectivity index (χ2n) is 1.80. The van der Waals surface area contributed by atoms with Crippen LogP contribution >= 0.6 is 15.9 Å². The van der Waals surface area contributed by atoms with Crippen LogP contribution in [0.3, 0.4) is 0 Å². The second-order valence-corrected chi connectivity index (χ2v) is 2.72. The van der Waals surface area contributed by atoms with Gasteiger partial charge in [0.15, 0.2) is 0 Å². The molecule has 1 aromatic rings. The first-order valence-electron chi connectivity index (χ1n) is 2.80. The van der Waals surface area contributed by atoms with Gasteiger partial charge in [0.2, 0.25) is 0 Å². The summed E-state index contributed by atoms with van der Waals surface area (Å²) in [6.07, 6.45) is 1.48. The number of nitrogens with zero attached hydrogens (tertiary/aromatic N) is 1. The van der Waals surface area contributed by atoms with Crippen molar-refractivity contribution in [2.45, 2.75) is 0 Å². The molecule has 11 heavy (non-hydrogen) atoms. The fourth-order valence-electron chi connectivity index (χ4n) is 0.567. The Morgan fingerprint density at radius 3 is 2.82 bits per heavy atom. The van der Waals surface area contributed by atoms with Crippen molar-refractivity contribution in [1.82, 2.24) is 10.5 Å². The van der Waals surface area contributed by atoms with Gasteiger partial charge in [0.05, 0.1) is 0 Å². The van der Waals surface area contributed by atoms with E-state index >= 15 is 0 Å². The van der Waals surface area contributed by atoms with E-state index in [4.69, 9.17) is 5.21 Å². The summed E-state index contributed by atoms with van der Waals surface area (Å²) in [4.78, 5) is 14.4. The van der Waals surface area contributed by atoms with Gasteiger partial charge >= 0.3 is 0 Å². The second kappa shape index (κ2) is 3.45. The number of hydrogen-bond donors (Lipinski definition) is 2. The van der Waals surface area contributed by atoms with Crippen molar-refractivity contribution >= 4 is 21.8 Å². The van der Waals surface area contributed by atoms with Gasteiger partial charge in [0.1, 0.15) is 5.69 Å². The number of hydrogen-bond acceptors (Lipinski definition) is 3. The molecule has 0 aliphatic rings. The van der Waals surface area contributed by atoms with Gasteiger partial charge in [-0.05, 0) is 28.1 Å². The number of carbonyl (C=O) groups excluding carboxylic acids is 1. The number of hydroxylamine groups is 1. The van der Waals surface area contributed by atoms with Crippen LogP contribution in [0.25, 0.3) is 0 Å². The Morgan fingerprint density at radius 2 is 2.36 bits per heavy atom. The molecule has 1 amide bonds. The quantitative estimate of drug-likeness (QED) is 0.544. The highest BCUT2D eigenvalue weighted by molar-refractivity contribution is 9.10. The molecule has 1 heterocycles. The maximum atomic E-state index is 10.7. The van der Waals surface area contributed by atoms with Crippen LogP contribution in [0.4, 0.5) is 0 Å². The summed E-state index contributed by atoms with van der Waals surface area (Å²) in [6.45, 7) is 0. The van der Waals surface area contributed by atoms with Crippen molar-refractivity contribution in [2.24, 2.45) is 0 Å². The molecular formula is C6H5BrN2O2. The standard InChI is InChI=1S/C6H5BrN2O2/c7-4-1-2-5(8-3-4)6(10)9-11/h1-3,11H,(H,9,10). The van der Waals surface area contributed by atoms with E-state index in [0.717, 1.165) is 4.47 Å². The molecule has 0 bridgehead atoms. The maximum Gasteiger partial charge on any atom is 0.293 e. The number of pyridine rings is 1. The van der Waals surface area contributed by atoms with Crippen LogP contribution in [0.5, 0.6) is 0 Å². The van der Waals surface area contributed by atoms with Crippen LogP contribution in [0, 0.1) is 0 Å². The van der Waals surface area contributed by atoms with Crippen molar-refractivity contribution in [3.05, 3.63) is 28.5 Å². The molecule has 0 aliphatic carbocycles. The molecule has 4 nitrogen and oxygen atoms in total. The highest BCUT2D eigenvalue weighted by Crippen LogP contribution is 2.06. The topological polar surface area (TPSA) is 62.2 Å². The monoisotopic (exact) mass is 216 g/mol. The lowest BCUT2D eigenvalue weighted by Gasteiger charge is -1.95. The predicted octanol–water partition coefficient (Wildman–Crippen LogP) is 0.963. The maximum absolute atomic E-state index is 10.7. The van der Waals surface area contributed by atoms with E-state index in [1.165, 1.54) is 17.7 Å². The molecule has 0 spiro atoms. The summed E-state index contributed by atoms with van der Waals surface area (Å²) in [5, 5.41) is 8.21. The third-order valence-electron chi connectivity index (χ3n) is 1.06. The first kappa shape index (κ1) is 8.16. The summed E-state index contributed by atoms with van der Waals surface area (Å²) in [5.74, 6) is -0.613. The van der Waals surface area contributed by atoms with Gasteiger partial charge in [-0.2, -0.15) is 0 Å². The summed E-state index contributed by atoms with van der Waals surface area (Å²) < 4.78 is 0.784. The van der Waals surface area contributed by atoms with Crippen LogP contribution in [0.2, 0.25) is 0 Å². The summed E-state index contributed by atoms with van der Waals surface area (Å²) in [6, 6.07) is 3.16. The Balaban J connectivity index is 2.90. The fourth-order valence-corrected chi connectivity index (χ4v) is 0.802. The molecule has 0 fully saturated rings.